The molecular formula is C13H14N2O. The van der Waals surface area contributed by atoms with Gasteiger partial charge in [-0.25, -0.2) is 0 Å². The van der Waals surface area contributed by atoms with E-state index in [1.165, 1.54) is 0 Å². The van der Waals surface area contributed by atoms with Crippen LogP contribution in [0.4, 0.5) is 0 Å². The third-order valence-corrected chi connectivity index (χ3v) is 3.01. The van der Waals surface area contributed by atoms with Gasteiger partial charge in [-0.2, -0.15) is 5.26 Å². The van der Waals surface area contributed by atoms with Gasteiger partial charge >= 0.3 is 0 Å². The standard InChI is InChI=1S/C13H14N2O/c1-13(2)11(8-9-14)16-15-12(13)10-6-4-3-5-7-10/h3-7,11H,8H2,1-2H3. The Morgan fingerprint density at radius 2 is 2.06 bits per heavy atom. The molecular weight excluding hydrogens is 200 g/mol. The van der Waals surface area contributed by atoms with E-state index in [2.05, 4.69) is 25.1 Å². The predicted molar refractivity (Wildman–Crippen MR) is 61.9 cm³/mol. The van der Waals surface area contributed by atoms with E-state index in [9.17, 15) is 0 Å². The molecule has 0 saturated heterocycles. The third-order valence-electron chi connectivity index (χ3n) is 3.01. The minimum absolute atomic E-state index is 0.146. The van der Waals surface area contributed by atoms with Crippen LogP contribution >= 0.6 is 0 Å². The lowest BCUT2D eigenvalue weighted by Crippen LogP contribution is -2.32. The van der Waals surface area contributed by atoms with Crippen molar-refractivity contribution in [2.45, 2.75) is 26.4 Å². The Kier molecular flexibility index (Phi) is 2.66. The highest BCUT2D eigenvalue weighted by Crippen LogP contribution is 2.36. The fraction of sp³-hybridized carbons (Fsp3) is 0.385. The average molecular weight is 214 g/mol. The van der Waals surface area contributed by atoms with Crippen LogP contribution in [-0.2, 0) is 4.84 Å². The van der Waals surface area contributed by atoms with Crippen molar-refractivity contribution in [1.82, 2.24) is 0 Å². The monoisotopic (exact) mass is 214 g/mol. The SMILES string of the molecule is CC1(C)C(c2ccccc2)=NOC1CC#N. The lowest BCUT2D eigenvalue weighted by atomic mass is 9.78. The summed E-state index contributed by atoms with van der Waals surface area (Å²) in [6.07, 6.45) is 0.222. The van der Waals surface area contributed by atoms with Crippen LogP contribution in [0.3, 0.4) is 0 Å². The number of hydrogen-bond donors (Lipinski definition) is 0. The highest BCUT2D eigenvalue weighted by molar-refractivity contribution is 6.05. The van der Waals surface area contributed by atoms with Gasteiger partial charge in [0.05, 0.1) is 23.6 Å². The highest BCUT2D eigenvalue weighted by Gasteiger charge is 2.42. The molecule has 1 aromatic rings. The van der Waals surface area contributed by atoms with Crippen molar-refractivity contribution >= 4 is 5.71 Å². The summed E-state index contributed by atoms with van der Waals surface area (Å²) in [5, 5.41) is 12.9. The number of benzene rings is 1. The summed E-state index contributed by atoms with van der Waals surface area (Å²) in [4.78, 5) is 5.34. The van der Waals surface area contributed by atoms with E-state index in [1.807, 2.05) is 30.3 Å². The number of nitriles is 1. The molecule has 0 amide bonds. The van der Waals surface area contributed by atoms with Gasteiger partial charge in [-0.05, 0) is 5.56 Å². The van der Waals surface area contributed by atoms with Crippen LogP contribution in [-0.4, -0.2) is 11.8 Å². The molecule has 1 aromatic carbocycles. The van der Waals surface area contributed by atoms with Crippen LogP contribution in [0.2, 0.25) is 0 Å². The van der Waals surface area contributed by atoms with E-state index in [-0.39, 0.29) is 11.5 Å². The first-order valence-electron chi connectivity index (χ1n) is 5.33. The lowest BCUT2D eigenvalue weighted by molar-refractivity contribution is 0.0403. The molecule has 1 atom stereocenters. The van der Waals surface area contributed by atoms with Crippen molar-refractivity contribution in [3.05, 3.63) is 35.9 Å². The van der Waals surface area contributed by atoms with Crippen molar-refractivity contribution in [3.8, 4) is 6.07 Å². The van der Waals surface area contributed by atoms with E-state index in [1.54, 1.807) is 0 Å². The van der Waals surface area contributed by atoms with Gasteiger partial charge in [0.25, 0.3) is 0 Å². The first kappa shape index (κ1) is 10.7. The zero-order chi connectivity index (χ0) is 11.6. The fourth-order valence-electron chi connectivity index (χ4n) is 1.91. The second-order valence-corrected chi connectivity index (χ2v) is 4.48. The van der Waals surface area contributed by atoms with Crippen molar-refractivity contribution < 1.29 is 4.84 Å². The maximum atomic E-state index is 8.73. The van der Waals surface area contributed by atoms with Crippen LogP contribution in [0.15, 0.2) is 35.5 Å². The van der Waals surface area contributed by atoms with E-state index >= 15 is 0 Å². The van der Waals surface area contributed by atoms with Gasteiger partial charge in [0.2, 0.25) is 0 Å². The molecule has 2 rings (SSSR count). The van der Waals surface area contributed by atoms with Crippen LogP contribution in [0, 0.1) is 16.7 Å². The van der Waals surface area contributed by atoms with Gasteiger partial charge in [-0.15, -0.1) is 0 Å². The first-order chi connectivity index (χ1) is 7.66. The number of hydrogen-bond acceptors (Lipinski definition) is 3. The van der Waals surface area contributed by atoms with Gasteiger partial charge in [-0.1, -0.05) is 49.3 Å². The number of rotatable bonds is 2. The van der Waals surface area contributed by atoms with Crippen LogP contribution in [0.1, 0.15) is 25.8 Å². The second-order valence-electron chi connectivity index (χ2n) is 4.48. The van der Waals surface area contributed by atoms with Crippen molar-refractivity contribution in [2.24, 2.45) is 10.6 Å². The molecule has 1 aliphatic rings. The first-order valence-corrected chi connectivity index (χ1v) is 5.33. The van der Waals surface area contributed by atoms with E-state index in [0.717, 1.165) is 11.3 Å². The van der Waals surface area contributed by atoms with Gasteiger partial charge in [0.15, 0.2) is 6.10 Å². The van der Waals surface area contributed by atoms with Gasteiger partial charge in [0.1, 0.15) is 0 Å². The smallest absolute Gasteiger partial charge is 0.151 e. The largest absolute Gasteiger partial charge is 0.390 e. The summed E-state index contributed by atoms with van der Waals surface area (Å²) in [5.41, 5.74) is 1.78. The molecule has 0 aliphatic carbocycles. The quantitative estimate of drug-likeness (QED) is 0.759. The average Bonchev–Trinajstić information content (AvgIpc) is 2.57. The number of nitrogens with zero attached hydrogens (tertiary/aromatic N) is 2. The topological polar surface area (TPSA) is 45.4 Å². The van der Waals surface area contributed by atoms with Gasteiger partial charge in [0, 0.05) is 0 Å². The Hall–Kier alpha value is -1.82. The van der Waals surface area contributed by atoms with Crippen molar-refractivity contribution in [3.63, 3.8) is 0 Å². The Morgan fingerprint density at radius 3 is 2.69 bits per heavy atom. The molecule has 0 spiro atoms. The summed E-state index contributed by atoms with van der Waals surface area (Å²) in [6, 6.07) is 12.1. The molecule has 0 saturated carbocycles. The summed E-state index contributed by atoms with van der Waals surface area (Å²) in [5.74, 6) is 0. The Labute approximate surface area is 95.3 Å². The summed E-state index contributed by atoms with van der Waals surface area (Å²) >= 11 is 0. The lowest BCUT2D eigenvalue weighted by Gasteiger charge is -2.23. The van der Waals surface area contributed by atoms with E-state index in [4.69, 9.17) is 10.1 Å². The molecule has 1 aliphatic heterocycles. The fourth-order valence-corrected chi connectivity index (χ4v) is 1.91. The molecule has 3 nitrogen and oxygen atoms in total. The van der Waals surface area contributed by atoms with Crippen LogP contribution in [0.5, 0.6) is 0 Å². The zero-order valence-electron chi connectivity index (χ0n) is 9.47. The minimum Gasteiger partial charge on any atom is -0.390 e. The molecule has 0 fully saturated rings. The summed E-state index contributed by atoms with van der Waals surface area (Å²) in [6.45, 7) is 4.13. The third kappa shape index (κ3) is 1.67. The second kappa shape index (κ2) is 3.97. The maximum Gasteiger partial charge on any atom is 0.151 e. The Morgan fingerprint density at radius 1 is 1.38 bits per heavy atom. The summed E-state index contributed by atoms with van der Waals surface area (Å²) < 4.78 is 0. The Balaban J connectivity index is 2.29. The molecule has 0 bridgehead atoms. The normalized spacial score (nSPS) is 22.1. The highest BCUT2D eigenvalue weighted by atomic mass is 16.6. The van der Waals surface area contributed by atoms with Gasteiger partial charge < -0.3 is 4.84 Å². The molecule has 16 heavy (non-hydrogen) atoms. The molecule has 1 heterocycles. The molecule has 1 unspecified atom stereocenters. The zero-order valence-corrected chi connectivity index (χ0v) is 9.47. The molecule has 0 radical (unpaired) electrons. The molecule has 0 aromatic heterocycles. The van der Waals surface area contributed by atoms with E-state index < -0.39 is 0 Å². The summed E-state index contributed by atoms with van der Waals surface area (Å²) in [7, 11) is 0. The molecule has 0 N–H and O–H groups in total. The maximum absolute atomic E-state index is 8.73. The molecule has 82 valence electrons. The van der Waals surface area contributed by atoms with Crippen molar-refractivity contribution in [2.75, 3.05) is 0 Å². The Bertz CT molecular complexity index is 443. The molecule has 3 heteroatoms. The van der Waals surface area contributed by atoms with Crippen molar-refractivity contribution in [1.29, 1.82) is 5.26 Å². The van der Waals surface area contributed by atoms with Crippen LogP contribution in [0.25, 0.3) is 0 Å². The van der Waals surface area contributed by atoms with Crippen LogP contribution < -0.4 is 0 Å². The van der Waals surface area contributed by atoms with Gasteiger partial charge in [-0.3, -0.25) is 0 Å². The minimum atomic E-state index is -0.211. The number of oxime groups is 1. The van der Waals surface area contributed by atoms with E-state index in [0.29, 0.717) is 6.42 Å². The predicted octanol–water partition coefficient (Wildman–Crippen LogP) is 2.73.